The molecule has 0 fully saturated rings. The Bertz CT molecular complexity index is 626. The van der Waals surface area contributed by atoms with Gasteiger partial charge in [-0.25, -0.2) is 14.3 Å². The summed E-state index contributed by atoms with van der Waals surface area (Å²) in [6.45, 7) is 3.06. The highest BCUT2D eigenvalue weighted by Gasteiger charge is 2.20. The van der Waals surface area contributed by atoms with Gasteiger partial charge in [0.15, 0.2) is 0 Å². The SMILES string of the molecule is CCOC(=O)NS(=O)(=O)Nc1c(C)cccc1C(=O)O. The Balaban J connectivity index is 3.04. The van der Waals surface area contributed by atoms with E-state index in [1.54, 1.807) is 4.72 Å². The van der Waals surface area contributed by atoms with Gasteiger partial charge in [0.05, 0.1) is 17.9 Å². The van der Waals surface area contributed by atoms with Crippen molar-refractivity contribution < 1.29 is 27.9 Å². The molecular weight excluding hydrogens is 288 g/mol. The molecule has 0 atom stereocenters. The molecule has 0 saturated carbocycles. The summed E-state index contributed by atoms with van der Waals surface area (Å²) in [6.07, 6.45) is -1.15. The van der Waals surface area contributed by atoms with E-state index in [2.05, 4.69) is 4.74 Å². The molecule has 0 bridgehead atoms. The smallest absolute Gasteiger partial charge is 0.422 e. The van der Waals surface area contributed by atoms with Crippen LogP contribution in [0.3, 0.4) is 0 Å². The van der Waals surface area contributed by atoms with Crippen LogP contribution < -0.4 is 9.44 Å². The predicted octanol–water partition coefficient (Wildman–Crippen LogP) is 1.10. The first-order valence-electron chi connectivity index (χ1n) is 5.57. The summed E-state index contributed by atoms with van der Waals surface area (Å²) in [5, 5.41) is 9.01. The lowest BCUT2D eigenvalue weighted by Crippen LogP contribution is -2.36. The van der Waals surface area contributed by atoms with E-state index < -0.39 is 22.3 Å². The molecule has 0 heterocycles. The lowest BCUT2D eigenvalue weighted by Gasteiger charge is -2.13. The van der Waals surface area contributed by atoms with Crippen LogP contribution >= 0.6 is 0 Å². The highest BCUT2D eigenvalue weighted by atomic mass is 32.2. The highest BCUT2D eigenvalue weighted by Crippen LogP contribution is 2.21. The summed E-state index contributed by atoms with van der Waals surface area (Å²) in [6, 6.07) is 4.27. The Hall–Kier alpha value is -2.29. The Morgan fingerprint density at radius 1 is 1.35 bits per heavy atom. The molecule has 0 aliphatic carbocycles. The second kappa shape index (κ2) is 6.24. The summed E-state index contributed by atoms with van der Waals surface area (Å²) in [4.78, 5) is 22.1. The van der Waals surface area contributed by atoms with Gasteiger partial charge in [-0.2, -0.15) is 8.42 Å². The third kappa shape index (κ3) is 4.12. The molecule has 110 valence electrons. The molecule has 0 aliphatic heterocycles. The summed E-state index contributed by atoms with van der Waals surface area (Å²) < 4.78 is 31.4. The number of para-hydroxylation sites is 1. The number of rotatable bonds is 5. The zero-order valence-electron chi connectivity index (χ0n) is 10.8. The zero-order valence-corrected chi connectivity index (χ0v) is 11.7. The maximum Gasteiger partial charge on any atom is 0.422 e. The molecule has 9 heteroatoms. The number of hydrogen-bond donors (Lipinski definition) is 3. The van der Waals surface area contributed by atoms with Gasteiger partial charge < -0.3 is 9.84 Å². The summed E-state index contributed by atoms with van der Waals surface area (Å²) in [7, 11) is -4.27. The Labute approximate surface area is 115 Å². The summed E-state index contributed by atoms with van der Waals surface area (Å²) in [5.41, 5.74) is 0.0650. The number of aryl methyl sites for hydroxylation is 1. The zero-order chi connectivity index (χ0) is 15.3. The molecule has 1 amide bonds. The van der Waals surface area contributed by atoms with E-state index in [9.17, 15) is 18.0 Å². The highest BCUT2D eigenvalue weighted by molar-refractivity contribution is 7.91. The van der Waals surface area contributed by atoms with E-state index in [4.69, 9.17) is 5.11 Å². The minimum atomic E-state index is -4.27. The van der Waals surface area contributed by atoms with Crippen molar-refractivity contribution >= 4 is 28.0 Å². The van der Waals surface area contributed by atoms with Crippen LogP contribution in [0.25, 0.3) is 0 Å². The van der Waals surface area contributed by atoms with E-state index in [1.807, 2.05) is 4.72 Å². The monoisotopic (exact) mass is 302 g/mol. The minimum absolute atomic E-state index is 0.00605. The second-order valence-electron chi connectivity index (χ2n) is 3.73. The first kappa shape index (κ1) is 15.8. The third-order valence-corrected chi connectivity index (χ3v) is 3.14. The van der Waals surface area contributed by atoms with Crippen molar-refractivity contribution in [1.82, 2.24) is 4.72 Å². The van der Waals surface area contributed by atoms with E-state index in [0.29, 0.717) is 5.56 Å². The fourth-order valence-corrected chi connectivity index (χ4v) is 2.28. The van der Waals surface area contributed by atoms with Crippen molar-refractivity contribution in [1.29, 1.82) is 0 Å². The van der Waals surface area contributed by atoms with Crippen molar-refractivity contribution in [2.45, 2.75) is 13.8 Å². The van der Waals surface area contributed by atoms with Gasteiger partial charge >= 0.3 is 22.3 Å². The van der Waals surface area contributed by atoms with Crippen LogP contribution in [0.1, 0.15) is 22.8 Å². The standard InChI is InChI=1S/C11H14N2O6S/c1-3-19-11(16)13-20(17,18)12-9-7(2)5-4-6-8(9)10(14)15/h4-6,12H,3H2,1-2H3,(H,13,16)(H,14,15). The lowest BCUT2D eigenvalue weighted by atomic mass is 10.1. The molecule has 0 unspecified atom stereocenters. The number of nitrogens with one attached hydrogen (secondary N) is 2. The number of anilines is 1. The number of ether oxygens (including phenoxy) is 1. The molecule has 20 heavy (non-hydrogen) atoms. The van der Waals surface area contributed by atoms with E-state index in [0.717, 1.165) is 0 Å². The van der Waals surface area contributed by atoms with Crippen LogP contribution in [0.15, 0.2) is 18.2 Å². The molecule has 0 aromatic heterocycles. The van der Waals surface area contributed by atoms with Crippen LogP contribution in [-0.2, 0) is 14.9 Å². The number of aromatic carboxylic acids is 1. The van der Waals surface area contributed by atoms with Gasteiger partial charge in [-0.3, -0.25) is 4.72 Å². The molecule has 0 saturated heterocycles. The average Bonchev–Trinajstić information content (AvgIpc) is 2.30. The number of amides is 1. The number of hydrogen-bond acceptors (Lipinski definition) is 5. The Morgan fingerprint density at radius 3 is 2.55 bits per heavy atom. The van der Waals surface area contributed by atoms with Gasteiger partial charge in [0.1, 0.15) is 0 Å². The van der Waals surface area contributed by atoms with Gasteiger partial charge in [-0.1, -0.05) is 12.1 Å². The van der Waals surface area contributed by atoms with Crippen LogP contribution in [-0.4, -0.2) is 32.2 Å². The fourth-order valence-electron chi connectivity index (χ4n) is 1.41. The molecule has 0 spiro atoms. The number of benzene rings is 1. The number of carbonyl (C=O) groups is 2. The molecule has 1 rings (SSSR count). The predicted molar refractivity (Wildman–Crippen MR) is 70.8 cm³/mol. The van der Waals surface area contributed by atoms with Crippen molar-refractivity contribution in [2.24, 2.45) is 0 Å². The van der Waals surface area contributed by atoms with Gasteiger partial charge in [-0.05, 0) is 25.5 Å². The number of carbonyl (C=O) groups excluding carboxylic acids is 1. The van der Waals surface area contributed by atoms with Crippen molar-refractivity contribution in [2.75, 3.05) is 11.3 Å². The van der Waals surface area contributed by atoms with Gasteiger partial charge in [0.25, 0.3) is 0 Å². The van der Waals surface area contributed by atoms with Crippen LogP contribution in [0.5, 0.6) is 0 Å². The average molecular weight is 302 g/mol. The van der Waals surface area contributed by atoms with E-state index >= 15 is 0 Å². The van der Waals surface area contributed by atoms with Crippen LogP contribution in [0.2, 0.25) is 0 Å². The number of carboxylic acid groups (broad SMARTS) is 1. The first-order chi connectivity index (χ1) is 9.26. The summed E-state index contributed by atoms with van der Waals surface area (Å²) >= 11 is 0. The van der Waals surface area contributed by atoms with Gasteiger partial charge in [0, 0.05) is 0 Å². The van der Waals surface area contributed by atoms with Crippen molar-refractivity contribution in [3.63, 3.8) is 0 Å². The fraction of sp³-hybridized carbons (Fsp3) is 0.273. The lowest BCUT2D eigenvalue weighted by molar-refractivity contribution is 0.0698. The molecule has 1 aromatic carbocycles. The maximum absolute atomic E-state index is 11.7. The minimum Gasteiger partial charge on any atom is -0.478 e. The van der Waals surface area contributed by atoms with Gasteiger partial charge in [-0.15, -0.1) is 0 Å². The summed E-state index contributed by atoms with van der Waals surface area (Å²) in [5.74, 6) is -1.29. The third-order valence-electron chi connectivity index (χ3n) is 2.23. The molecule has 1 aromatic rings. The van der Waals surface area contributed by atoms with E-state index in [1.165, 1.54) is 32.0 Å². The molecule has 3 N–H and O–H groups in total. The van der Waals surface area contributed by atoms with Gasteiger partial charge in [0.2, 0.25) is 0 Å². The molecule has 0 radical (unpaired) electrons. The molecular formula is C11H14N2O6S. The quantitative estimate of drug-likeness (QED) is 0.748. The van der Waals surface area contributed by atoms with Crippen LogP contribution in [0.4, 0.5) is 10.5 Å². The molecule has 0 aliphatic rings. The normalized spacial score (nSPS) is 10.7. The van der Waals surface area contributed by atoms with Crippen molar-refractivity contribution in [3.05, 3.63) is 29.3 Å². The number of carboxylic acids is 1. The maximum atomic E-state index is 11.7. The second-order valence-corrected chi connectivity index (χ2v) is 5.15. The van der Waals surface area contributed by atoms with Crippen LogP contribution in [0, 0.1) is 6.92 Å². The Kier molecular flexibility index (Phi) is 4.92. The topological polar surface area (TPSA) is 122 Å². The van der Waals surface area contributed by atoms with Crippen molar-refractivity contribution in [3.8, 4) is 0 Å². The molecule has 8 nitrogen and oxygen atoms in total. The largest absolute Gasteiger partial charge is 0.478 e. The first-order valence-corrected chi connectivity index (χ1v) is 7.05. The Morgan fingerprint density at radius 2 is 2.00 bits per heavy atom. The van der Waals surface area contributed by atoms with E-state index in [-0.39, 0.29) is 17.9 Å².